The SMILES string of the molecule is CC1CCC2(C)C(CCC3C2CCC2(C)C(C(=O)CN(N)/C=C(\N)CO)CCC32)C1. The molecule has 4 aliphatic rings. The molecule has 4 fully saturated rings. The maximum absolute atomic E-state index is 13.2. The maximum Gasteiger partial charge on any atom is 0.157 e. The molecule has 0 aromatic carbocycles. The zero-order valence-corrected chi connectivity index (χ0v) is 19.3. The molecule has 0 aromatic heterocycles. The molecule has 170 valence electrons. The Bertz CT molecular complexity index is 694. The maximum atomic E-state index is 13.2. The molecule has 5 N–H and O–H groups in total. The second kappa shape index (κ2) is 8.12. The highest BCUT2D eigenvalue weighted by atomic mass is 16.3. The van der Waals surface area contributed by atoms with Crippen molar-refractivity contribution in [2.24, 2.45) is 57.9 Å². The number of aliphatic hydroxyl groups is 1. The lowest BCUT2D eigenvalue weighted by Gasteiger charge is -2.61. The number of rotatable bonds is 5. The van der Waals surface area contributed by atoms with Gasteiger partial charge in [0.05, 0.1) is 18.8 Å². The number of aliphatic hydroxyl groups excluding tert-OH is 1. The van der Waals surface area contributed by atoms with E-state index in [4.69, 9.17) is 16.7 Å². The molecular weight excluding hydrogens is 374 g/mol. The molecule has 5 nitrogen and oxygen atoms in total. The summed E-state index contributed by atoms with van der Waals surface area (Å²) < 4.78 is 0. The van der Waals surface area contributed by atoms with Crippen LogP contribution in [-0.4, -0.2) is 29.1 Å². The second-order valence-corrected chi connectivity index (χ2v) is 11.7. The van der Waals surface area contributed by atoms with Crippen molar-refractivity contribution in [1.29, 1.82) is 0 Å². The minimum Gasteiger partial charge on any atom is -0.399 e. The van der Waals surface area contributed by atoms with Crippen LogP contribution in [0.1, 0.15) is 78.6 Å². The highest BCUT2D eigenvalue weighted by molar-refractivity contribution is 5.84. The zero-order valence-electron chi connectivity index (χ0n) is 19.3. The van der Waals surface area contributed by atoms with Gasteiger partial charge in [-0.2, -0.15) is 0 Å². The summed E-state index contributed by atoms with van der Waals surface area (Å²) in [6, 6.07) is 0. The van der Waals surface area contributed by atoms with Crippen LogP contribution in [-0.2, 0) is 4.79 Å². The van der Waals surface area contributed by atoms with E-state index in [1.807, 2.05) is 0 Å². The number of Topliss-reactive ketones (excluding diaryl/α,β-unsaturated/α-hetero) is 1. The number of carbonyl (C=O) groups is 1. The Labute approximate surface area is 182 Å². The van der Waals surface area contributed by atoms with Gasteiger partial charge in [-0.3, -0.25) is 4.79 Å². The fraction of sp³-hybridized carbons (Fsp3) is 0.880. The molecule has 0 heterocycles. The molecule has 0 spiro atoms. The Balaban J connectivity index is 1.48. The van der Waals surface area contributed by atoms with Crippen molar-refractivity contribution in [2.45, 2.75) is 78.6 Å². The third-order valence-corrected chi connectivity index (χ3v) is 10.2. The van der Waals surface area contributed by atoms with Crippen LogP contribution in [0.5, 0.6) is 0 Å². The summed E-state index contributed by atoms with van der Waals surface area (Å²) in [4.78, 5) is 13.2. The number of hydrogen-bond donors (Lipinski definition) is 3. The van der Waals surface area contributed by atoms with E-state index >= 15 is 0 Å². The largest absolute Gasteiger partial charge is 0.399 e. The normalized spacial score (nSPS) is 46.0. The lowest BCUT2D eigenvalue weighted by molar-refractivity contribution is -0.137. The number of carbonyl (C=O) groups excluding carboxylic acids is 1. The van der Waals surface area contributed by atoms with E-state index in [1.54, 1.807) is 0 Å². The summed E-state index contributed by atoms with van der Waals surface area (Å²) in [6.07, 6.45) is 13.2. The predicted octanol–water partition coefficient (Wildman–Crippen LogP) is 3.82. The minimum absolute atomic E-state index is 0.107. The van der Waals surface area contributed by atoms with Crippen molar-refractivity contribution in [3.63, 3.8) is 0 Å². The molecule has 0 aliphatic heterocycles. The zero-order chi connectivity index (χ0) is 21.7. The molecule has 0 saturated heterocycles. The van der Waals surface area contributed by atoms with Crippen LogP contribution in [0.3, 0.4) is 0 Å². The van der Waals surface area contributed by atoms with Crippen molar-refractivity contribution in [3.8, 4) is 0 Å². The molecule has 0 bridgehead atoms. The molecule has 8 unspecified atom stereocenters. The molecule has 0 aromatic rings. The van der Waals surface area contributed by atoms with Gasteiger partial charge in [0, 0.05) is 12.1 Å². The molecule has 8 atom stereocenters. The van der Waals surface area contributed by atoms with E-state index in [1.165, 1.54) is 62.6 Å². The summed E-state index contributed by atoms with van der Waals surface area (Å²) in [5, 5.41) is 10.4. The van der Waals surface area contributed by atoms with Crippen molar-refractivity contribution >= 4 is 5.78 Å². The van der Waals surface area contributed by atoms with Crippen LogP contribution >= 0.6 is 0 Å². The summed E-state index contributed by atoms with van der Waals surface area (Å²) in [5.41, 5.74) is 6.60. The van der Waals surface area contributed by atoms with E-state index in [9.17, 15) is 4.79 Å². The first kappa shape index (κ1) is 22.1. The Morgan fingerprint density at radius 1 is 1.07 bits per heavy atom. The first-order chi connectivity index (χ1) is 14.2. The standard InChI is InChI=1S/C25H43N3O2/c1-16-8-10-24(2)17(12-16)4-5-19-20-6-7-22(25(20,3)11-9-21(19)24)23(30)14-28(27)13-18(26)15-29/h13,16-17,19-22,29H,4-12,14-15,26-27H2,1-3H3/b18-13-. The highest BCUT2D eigenvalue weighted by Crippen LogP contribution is 2.67. The average Bonchev–Trinajstić information content (AvgIpc) is 3.05. The summed E-state index contributed by atoms with van der Waals surface area (Å²) in [5.74, 6) is 10.5. The van der Waals surface area contributed by atoms with Gasteiger partial charge in [-0.25, -0.2) is 5.84 Å². The fourth-order valence-corrected chi connectivity index (χ4v) is 8.59. The van der Waals surface area contributed by atoms with Crippen LogP contribution in [0.2, 0.25) is 0 Å². The molecule has 4 rings (SSSR count). The fourth-order valence-electron chi connectivity index (χ4n) is 8.59. The Kier molecular flexibility index (Phi) is 6.00. The van der Waals surface area contributed by atoms with E-state index in [-0.39, 0.29) is 36.0 Å². The molecule has 0 amide bonds. The first-order valence-corrected chi connectivity index (χ1v) is 12.3. The number of hydrogen-bond acceptors (Lipinski definition) is 5. The number of nitrogens with two attached hydrogens (primary N) is 2. The lowest BCUT2D eigenvalue weighted by atomic mass is 9.44. The van der Waals surface area contributed by atoms with Gasteiger partial charge >= 0.3 is 0 Å². The average molecular weight is 418 g/mol. The molecule has 4 aliphatic carbocycles. The number of hydrazine groups is 1. The molecule has 30 heavy (non-hydrogen) atoms. The van der Waals surface area contributed by atoms with Gasteiger partial charge in [-0.05, 0) is 91.8 Å². The third kappa shape index (κ3) is 3.60. The van der Waals surface area contributed by atoms with E-state index in [2.05, 4.69) is 20.8 Å². The monoisotopic (exact) mass is 417 g/mol. The predicted molar refractivity (Wildman–Crippen MR) is 120 cm³/mol. The van der Waals surface area contributed by atoms with Gasteiger partial charge < -0.3 is 15.8 Å². The number of ketones is 1. The first-order valence-electron chi connectivity index (χ1n) is 12.3. The van der Waals surface area contributed by atoms with Gasteiger partial charge in [0.25, 0.3) is 0 Å². The van der Waals surface area contributed by atoms with Crippen molar-refractivity contribution < 1.29 is 9.90 Å². The van der Waals surface area contributed by atoms with E-state index < -0.39 is 0 Å². The number of fused-ring (bicyclic) bond motifs is 5. The molecule has 5 heteroatoms. The van der Waals surface area contributed by atoms with Crippen LogP contribution in [0, 0.1) is 46.3 Å². The Hall–Kier alpha value is -1.07. The van der Waals surface area contributed by atoms with Crippen molar-refractivity contribution in [3.05, 3.63) is 11.9 Å². The minimum atomic E-state index is -0.243. The smallest absolute Gasteiger partial charge is 0.157 e. The lowest BCUT2D eigenvalue weighted by Crippen LogP contribution is -2.54. The van der Waals surface area contributed by atoms with Crippen molar-refractivity contribution in [1.82, 2.24) is 5.01 Å². The quantitative estimate of drug-likeness (QED) is 0.467. The Morgan fingerprint density at radius 3 is 2.50 bits per heavy atom. The summed E-state index contributed by atoms with van der Waals surface area (Å²) in [6.45, 7) is 7.40. The molecule has 0 radical (unpaired) electrons. The van der Waals surface area contributed by atoms with E-state index in [0.717, 1.165) is 30.1 Å². The van der Waals surface area contributed by atoms with Crippen LogP contribution in [0.4, 0.5) is 0 Å². The van der Waals surface area contributed by atoms with E-state index in [0.29, 0.717) is 11.3 Å². The van der Waals surface area contributed by atoms with Crippen LogP contribution < -0.4 is 11.6 Å². The molecule has 4 saturated carbocycles. The molecular formula is C25H43N3O2. The van der Waals surface area contributed by atoms with Gasteiger partial charge in [0.2, 0.25) is 0 Å². The van der Waals surface area contributed by atoms with Gasteiger partial charge in [0.1, 0.15) is 0 Å². The van der Waals surface area contributed by atoms with Crippen LogP contribution in [0.25, 0.3) is 0 Å². The van der Waals surface area contributed by atoms with Gasteiger partial charge in [0.15, 0.2) is 5.78 Å². The van der Waals surface area contributed by atoms with Crippen LogP contribution in [0.15, 0.2) is 11.9 Å². The third-order valence-electron chi connectivity index (χ3n) is 10.2. The Morgan fingerprint density at radius 2 is 1.77 bits per heavy atom. The van der Waals surface area contributed by atoms with Crippen molar-refractivity contribution in [2.75, 3.05) is 13.2 Å². The summed E-state index contributed by atoms with van der Waals surface area (Å²) in [7, 11) is 0. The second-order valence-electron chi connectivity index (χ2n) is 11.7. The van der Waals surface area contributed by atoms with Gasteiger partial charge in [-0.15, -0.1) is 0 Å². The van der Waals surface area contributed by atoms with Gasteiger partial charge in [-0.1, -0.05) is 27.2 Å². The summed E-state index contributed by atoms with van der Waals surface area (Å²) >= 11 is 0. The number of nitrogens with zero attached hydrogens (tertiary/aromatic N) is 1. The highest BCUT2D eigenvalue weighted by Gasteiger charge is 2.60. The topological polar surface area (TPSA) is 92.6 Å².